The molecule has 4 heteroatoms. The third-order valence-corrected chi connectivity index (χ3v) is 3.35. The Kier molecular flexibility index (Phi) is 4.93. The molecule has 1 fully saturated rings. The second-order valence-electron chi connectivity index (χ2n) is 4.78. The molecule has 0 spiro atoms. The number of nitrogens with zero attached hydrogens (tertiary/aromatic N) is 1. The second-order valence-corrected chi connectivity index (χ2v) is 4.78. The molecule has 1 aliphatic rings. The van der Waals surface area contributed by atoms with Crippen LogP contribution in [0.25, 0.3) is 0 Å². The van der Waals surface area contributed by atoms with Crippen LogP contribution in [0.1, 0.15) is 24.2 Å². The van der Waals surface area contributed by atoms with Gasteiger partial charge in [-0.15, -0.1) is 0 Å². The van der Waals surface area contributed by atoms with E-state index in [1.807, 2.05) is 12.1 Å². The van der Waals surface area contributed by atoms with E-state index in [0.717, 1.165) is 32.0 Å². The lowest BCUT2D eigenvalue weighted by Crippen LogP contribution is -2.44. The number of hydrogen-bond donors (Lipinski definition) is 0. The minimum Gasteiger partial charge on any atom is -0.491 e. The van der Waals surface area contributed by atoms with Gasteiger partial charge in [0, 0.05) is 18.7 Å². The molecule has 1 heterocycles. The number of benzene rings is 1. The van der Waals surface area contributed by atoms with Gasteiger partial charge in [0.05, 0.1) is 6.61 Å². The summed E-state index contributed by atoms with van der Waals surface area (Å²) in [5.41, 5.74) is 0.678. The molecule has 4 nitrogen and oxygen atoms in total. The van der Waals surface area contributed by atoms with Crippen LogP contribution < -0.4 is 4.74 Å². The zero-order valence-corrected chi connectivity index (χ0v) is 11.6. The summed E-state index contributed by atoms with van der Waals surface area (Å²) in [6.45, 7) is 7.94. The van der Waals surface area contributed by atoms with Crippen molar-refractivity contribution in [3.63, 3.8) is 0 Å². The van der Waals surface area contributed by atoms with Gasteiger partial charge in [0.2, 0.25) is 0 Å². The highest BCUT2D eigenvalue weighted by Gasteiger charge is 2.19. The van der Waals surface area contributed by atoms with Crippen LogP contribution in [-0.4, -0.2) is 49.6 Å². The number of morpholine rings is 1. The van der Waals surface area contributed by atoms with Crippen molar-refractivity contribution in [1.29, 1.82) is 0 Å². The lowest BCUT2D eigenvalue weighted by Gasteiger charge is -2.31. The molecule has 2 rings (SSSR count). The molecule has 0 aromatic heterocycles. The van der Waals surface area contributed by atoms with Crippen molar-refractivity contribution < 1.29 is 14.3 Å². The van der Waals surface area contributed by atoms with Crippen molar-refractivity contribution in [2.75, 3.05) is 32.8 Å². The molecule has 1 aromatic rings. The standard InChI is InChI=1S/C15H21NO3/c1-3-16-7-8-18-15(10-16)11-19-14-6-4-5-13(9-14)12(2)17/h4-6,9,15H,3,7-8,10-11H2,1-2H3. The number of carbonyl (C=O) groups is 1. The largest absolute Gasteiger partial charge is 0.491 e. The van der Waals surface area contributed by atoms with Crippen LogP contribution in [0.3, 0.4) is 0 Å². The topological polar surface area (TPSA) is 38.8 Å². The highest BCUT2D eigenvalue weighted by atomic mass is 16.5. The van der Waals surface area contributed by atoms with E-state index >= 15 is 0 Å². The van der Waals surface area contributed by atoms with E-state index in [0.29, 0.717) is 12.2 Å². The summed E-state index contributed by atoms with van der Waals surface area (Å²) in [6, 6.07) is 7.28. The summed E-state index contributed by atoms with van der Waals surface area (Å²) >= 11 is 0. The molecule has 104 valence electrons. The summed E-state index contributed by atoms with van der Waals surface area (Å²) < 4.78 is 11.4. The SMILES string of the molecule is CCN1CCOC(COc2cccc(C(C)=O)c2)C1. The highest BCUT2D eigenvalue weighted by molar-refractivity contribution is 5.94. The molecule has 0 amide bonds. The number of hydrogen-bond acceptors (Lipinski definition) is 4. The number of carbonyl (C=O) groups excluding carboxylic acids is 1. The van der Waals surface area contributed by atoms with Crippen molar-refractivity contribution in [3.8, 4) is 5.75 Å². The van der Waals surface area contributed by atoms with Crippen LogP contribution in [0.4, 0.5) is 0 Å². The molecule has 0 bridgehead atoms. The quantitative estimate of drug-likeness (QED) is 0.762. The lowest BCUT2D eigenvalue weighted by molar-refractivity contribution is -0.0464. The molecule has 0 N–H and O–H groups in total. The Balaban J connectivity index is 1.88. The maximum Gasteiger partial charge on any atom is 0.159 e. The van der Waals surface area contributed by atoms with Crippen LogP contribution in [0.5, 0.6) is 5.75 Å². The number of Topliss-reactive ketones (excluding diaryl/α,β-unsaturated/α-hetero) is 1. The van der Waals surface area contributed by atoms with Crippen LogP contribution in [0, 0.1) is 0 Å². The summed E-state index contributed by atoms with van der Waals surface area (Å²) in [6.07, 6.45) is 0.106. The Morgan fingerprint density at radius 1 is 1.53 bits per heavy atom. The van der Waals surface area contributed by atoms with Crippen LogP contribution in [0.15, 0.2) is 24.3 Å². The predicted octanol–water partition coefficient (Wildman–Crippen LogP) is 1.99. The summed E-state index contributed by atoms with van der Waals surface area (Å²) in [7, 11) is 0. The Hall–Kier alpha value is -1.39. The van der Waals surface area contributed by atoms with E-state index in [4.69, 9.17) is 9.47 Å². The Bertz CT molecular complexity index is 433. The minimum atomic E-state index is 0.0523. The Morgan fingerprint density at radius 2 is 2.37 bits per heavy atom. The summed E-state index contributed by atoms with van der Waals surface area (Å²) in [5, 5.41) is 0. The Morgan fingerprint density at radius 3 is 3.11 bits per heavy atom. The molecule has 1 saturated heterocycles. The van der Waals surface area contributed by atoms with Crippen molar-refractivity contribution in [2.24, 2.45) is 0 Å². The van der Waals surface area contributed by atoms with Crippen molar-refractivity contribution >= 4 is 5.78 Å². The van der Waals surface area contributed by atoms with Gasteiger partial charge in [0.15, 0.2) is 5.78 Å². The highest BCUT2D eigenvalue weighted by Crippen LogP contribution is 2.15. The minimum absolute atomic E-state index is 0.0523. The van der Waals surface area contributed by atoms with E-state index in [-0.39, 0.29) is 11.9 Å². The molecular weight excluding hydrogens is 242 g/mol. The Labute approximate surface area is 114 Å². The number of ether oxygens (including phenoxy) is 2. The zero-order valence-electron chi connectivity index (χ0n) is 11.6. The molecule has 1 unspecified atom stereocenters. The van der Waals surface area contributed by atoms with Gasteiger partial charge in [-0.3, -0.25) is 9.69 Å². The first-order chi connectivity index (χ1) is 9.19. The van der Waals surface area contributed by atoms with Gasteiger partial charge in [0.25, 0.3) is 0 Å². The maximum atomic E-state index is 11.3. The molecule has 0 saturated carbocycles. The van der Waals surface area contributed by atoms with Crippen LogP contribution >= 0.6 is 0 Å². The van der Waals surface area contributed by atoms with E-state index in [1.165, 1.54) is 0 Å². The summed E-state index contributed by atoms with van der Waals surface area (Å²) in [5.74, 6) is 0.779. The van der Waals surface area contributed by atoms with Crippen molar-refractivity contribution in [2.45, 2.75) is 20.0 Å². The van der Waals surface area contributed by atoms with Crippen molar-refractivity contribution in [3.05, 3.63) is 29.8 Å². The summed E-state index contributed by atoms with van der Waals surface area (Å²) in [4.78, 5) is 13.6. The van der Waals surface area contributed by atoms with Gasteiger partial charge in [-0.25, -0.2) is 0 Å². The van der Waals surface area contributed by atoms with Gasteiger partial charge in [-0.1, -0.05) is 19.1 Å². The van der Waals surface area contributed by atoms with Crippen LogP contribution in [0.2, 0.25) is 0 Å². The van der Waals surface area contributed by atoms with E-state index in [9.17, 15) is 4.79 Å². The second kappa shape index (κ2) is 6.68. The van der Waals surface area contributed by atoms with Crippen LogP contribution in [-0.2, 0) is 4.74 Å². The molecule has 1 aromatic carbocycles. The van der Waals surface area contributed by atoms with Gasteiger partial charge in [-0.05, 0) is 25.6 Å². The first-order valence-corrected chi connectivity index (χ1v) is 6.76. The molecule has 0 aliphatic carbocycles. The fourth-order valence-electron chi connectivity index (χ4n) is 2.16. The third kappa shape index (κ3) is 4.04. The lowest BCUT2D eigenvalue weighted by atomic mass is 10.1. The molecule has 1 aliphatic heterocycles. The first-order valence-electron chi connectivity index (χ1n) is 6.76. The molecule has 0 radical (unpaired) electrons. The van der Waals surface area contributed by atoms with Gasteiger partial charge in [0.1, 0.15) is 18.5 Å². The predicted molar refractivity (Wildman–Crippen MR) is 73.8 cm³/mol. The van der Waals surface area contributed by atoms with Gasteiger partial charge < -0.3 is 9.47 Å². The number of likely N-dealkylation sites (N-methyl/N-ethyl adjacent to an activating group) is 1. The first kappa shape index (κ1) is 14.0. The molecule has 1 atom stereocenters. The monoisotopic (exact) mass is 263 g/mol. The normalized spacial score (nSPS) is 20.2. The van der Waals surface area contributed by atoms with Crippen molar-refractivity contribution in [1.82, 2.24) is 4.90 Å². The average Bonchev–Trinajstić information content (AvgIpc) is 2.45. The van der Waals surface area contributed by atoms with Gasteiger partial charge >= 0.3 is 0 Å². The van der Waals surface area contributed by atoms with Gasteiger partial charge in [-0.2, -0.15) is 0 Å². The third-order valence-electron chi connectivity index (χ3n) is 3.35. The maximum absolute atomic E-state index is 11.3. The molecular formula is C15H21NO3. The molecule has 19 heavy (non-hydrogen) atoms. The smallest absolute Gasteiger partial charge is 0.159 e. The number of ketones is 1. The van der Waals surface area contributed by atoms with E-state index in [1.54, 1.807) is 19.1 Å². The van der Waals surface area contributed by atoms with E-state index < -0.39 is 0 Å². The number of rotatable bonds is 5. The fourth-order valence-corrected chi connectivity index (χ4v) is 2.16. The zero-order chi connectivity index (χ0) is 13.7. The fraction of sp³-hybridized carbons (Fsp3) is 0.533. The average molecular weight is 263 g/mol. The van der Waals surface area contributed by atoms with E-state index in [2.05, 4.69) is 11.8 Å².